The van der Waals surface area contributed by atoms with Crippen LogP contribution in [0.2, 0.25) is 0 Å². The van der Waals surface area contributed by atoms with E-state index in [0.29, 0.717) is 5.56 Å². The number of hydrogen-bond donors (Lipinski definition) is 1. The SMILES string of the molecule is Cc1nc(-c2ccc(OC(F)F)cc2)c(-c2cc(-c3cc(F)c(CO)c(S(C)(=O)=O)c3)ccc2-n2nc(C(F)(F)F)cc2C)o1. The average molecular weight is 652 g/mol. The molecule has 236 valence electrons. The van der Waals surface area contributed by atoms with E-state index in [4.69, 9.17) is 4.42 Å². The highest BCUT2D eigenvalue weighted by atomic mass is 32.2. The van der Waals surface area contributed by atoms with Gasteiger partial charge in [0, 0.05) is 35.6 Å². The number of alkyl halides is 5. The summed E-state index contributed by atoms with van der Waals surface area (Å²) in [5, 5.41) is 13.4. The summed E-state index contributed by atoms with van der Waals surface area (Å²) in [6.45, 7) is -0.993. The fraction of sp³-hybridized carbons (Fsp3) is 0.200. The predicted molar refractivity (Wildman–Crippen MR) is 150 cm³/mol. The molecule has 0 aliphatic heterocycles. The lowest BCUT2D eigenvalue weighted by atomic mass is 9.97. The molecular formula is C30H23F6N3O5S. The van der Waals surface area contributed by atoms with Crippen molar-refractivity contribution in [2.45, 2.75) is 38.1 Å². The summed E-state index contributed by atoms with van der Waals surface area (Å²) >= 11 is 0. The Morgan fingerprint density at radius 3 is 2.22 bits per heavy atom. The van der Waals surface area contributed by atoms with Gasteiger partial charge in [-0.3, -0.25) is 0 Å². The van der Waals surface area contributed by atoms with Gasteiger partial charge in [0.25, 0.3) is 0 Å². The topological polar surface area (TPSA) is 107 Å². The zero-order valence-corrected chi connectivity index (χ0v) is 24.5. The van der Waals surface area contributed by atoms with Gasteiger partial charge in [0.2, 0.25) is 0 Å². The standard InChI is InChI=1S/C30H23F6N3O5S/c1-15-10-26(30(34,35)36)38-39(15)24-9-6-18(19-12-23(31)22(14-40)25(13-19)45(3,41)42)11-21(24)28-27(37-16(2)43-28)17-4-7-20(8-5-17)44-29(32)33/h4-13,29,40H,14H2,1-3H3. The summed E-state index contributed by atoms with van der Waals surface area (Å²) in [5.41, 5.74) is -0.322. The van der Waals surface area contributed by atoms with E-state index in [1.54, 1.807) is 0 Å². The van der Waals surface area contributed by atoms with Gasteiger partial charge < -0.3 is 14.3 Å². The first kappa shape index (κ1) is 31.8. The highest BCUT2D eigenvalue weighted by Gasteiger charge is 2.35. The lowest BCUT2D eigenvalue weighted by Gasteiger charge is -2.15. The molecule has 3 aromatic carbocycles. The molecule has 0 atom stereocenters. The van der Waals surface area contributed by atoms with Crippen molar-refractivity contribution in [1.82, 2.24) is 14.8 Å². The summed E-state index contributed by atoms with van der Waals surface area (Å²) in [5.74, 6) is -0.914. The third-order valence-corrected chi connectivity index (χ3v) is 7.94. The van der Waals surface area contributed by atoms with E-state index < -0.39 is 51.2 Å². The van der Waals surface area contributed by atoms with Crippen LogP contribution in [0.15, 0.2) is 70.0 Å². The molecule has 0 spiro atoms. The largest absolute Gasteiger partial charge is 0.440 e. The molecule has 5 rings (SSSR count). The molecule has 0 amide bonds. The van der Waals surface area contributed by atoms with Crippen LogP contribution >= 0.6 is 0 Å². The molecular weight excluding hydrogens is 628 g/mol. The fourth-order valence-electron chi connectivity index (χ4n) is 4.80. The average Bonchev–Trinajstić information content (AvgIpc) is 3.54. The Kier molecular flexibility index (Phi) is 8.27. The number of halogens is 6. The number of rotatable bonds is 8. The summed E-state index contributed by atoms with van der Waals surface area (Å²) in [6, 6.07) is 12.8. The van der Waals surface area contributed by atoms with Gasteiger partial charge in [0.1, 0.15) is 17.3 Å². The number of aryl methyl sites for hydroxylation is 2. The zero-order valence-electron chi connectivity index (χ0n) is 23.7. The van der Waals surface area contributed by atoms with Gasteiger partial charge in [-0.2, -0.15) is 27.1 Å². The van der Waals surface area contributed by atoms with Crippen molar-refractivity contribution in [3.63, 3.8) is 0 Å². The first-order valence-corrected chi connectivity index (χ1v) is 14.9. The van der Waals surface area contributed by atoms with Gasteiger partial charge in [-0.25, -0.2) is 22.5 Å². The van der Waals surface area contributed by atoms with E-state index in [-0.39, 0.29) is 51.2 Å². The van der Waals surface area contributed by atoms with Crippen LogP contribution in [0, 0.1) is 19.7 Å². The van der Waals surface area contributed by atoms with Gasteiger partial charge in [0.05, 0.1) is 17.2 Å². The minimum atomic E-state index is -4.75. The summed E-state index contributed by atoms with van der Waals surface area (Å²) in [4.78, 5) is 3.96. The van der Waals surface area contributed by atoms with Crippen molar-refractivity contribution in [2.75, 3.05) is 6.26 Å². The number of sulfone groups is 1. The summed E-state index contributed by atoms with van der Waals surface area (Å²) in [6.07, 6.45) is -3.89. The summed E-state index contributed by atoms with van der Waals surface area (Å²) in [7, 11) is -3.99. The molecule has 5 aromatic rings. The second-order valence-electron chi connectivity index (χ2n) is 9.99. The van der Waals surface area contributed by atoms with Crippen molar-refractivity contribution >= 4 is 9.84 Å². The molecule has 0 aliphatic rings. The molecule has 0 bridgehead atoms. The van der Waals surface area contributed by atoms with Crippen LogP contribution in [-0.2, 0) is 22.6 Å². The van der Waals surface area contributed by atoms with Crippen molar-refractivity contribution in [1.29, 1.82) is 0 Å². The van der Waals surface area contributed by atoms with E-state index in [1.165, 1.54) is 62.4 Å². The van der Waals surface area contributed by atoms with Gasteiger partial charge in [-0.1, -0.05) is 6.07 Å². The molecule has 8 nitrogen and oxygen atoms in total. The van der Waals surface area contributed by atoms with E-state index in [2.05, 4.69) is 14.8 Å². The smallest absolute Gasteiger partial charge is 0.435 e. The minimum absolute atomic E-state index is 0.0473. The maximum Gasteiger partial charge on any atom is 0.435 e. The third-order valence-electron chi connectivity index (χ3n) is 6.78. The highest BCUT2D eigenvalue weighted by Crippen LogP contribution is 2.40. The molecule has 0 fully saturated rings. The fourth-order valence-corrected chi connectivity index (χ4v) is 5.75. The normalized spacial score (nSPS) is 12.2. The first-order valence-electron chi connectivity index (χ1n) is 13.0. The van der Waals surface area contributed by atoms with Crippen molar-refractivity contribution in [3.8, 4) is 45.1 Å². The first-order chi connectivity index (χ1) is 21.1. The van der Waals surface area contributed by atoms with Crippen molar-refractivity contribution in [2.24, 2.45) is 0 Å². The van der Waals surface area contributed by atoms with Crippen LogP contribution in [0.4, 0.5) is 26.3 Å². The number of oxazole rings is 1. The van der Waals surface area contributed by atoms with Gasteiger partial charge in [-0.05, 0) is 72.6 Å². The Balaban J connectivity index is 1.76. The van der Waals surface area contributed by atoms with E-state index in [1.807, 2.05) is 0 Å². The molecule has 1 N–H and O–H groups in total. The van der Waals surface area contributed by atoms with Crippen LogP contribution in [0.3, 0.4) is 0 Å². The molecule has 0 unspecified atom stereocenters. The molecule has 0 radical (unpaired) electrons. The van der Waals surface area contributed by atoms with Crippen molar-refractivity contribution in [3.05, 3.63) is 89.3 Å². The van der Waals surface area contributed by atoms with Crippen LogP contribution in [0.5, 0.6) is 5.75 Å². The highest BCUT2D eigenvalue weighted by molar-refractivity contribution is 7.90. The van der Waals surface area contributed by atoms with E-state index in [9.17, 15) is 35.5 Å². The van der Waals surface area contributed by atoms with E-state index in [0.717, 1.165) is 23.1 Å². The van der Waals surface area contributed by atoms with Crippen LogP contribution < -0.4 is 4.74 Å². The number of ether oxygens (including phenoxy) is 1. The second-order valence-corrected chi connectivity index (χ2v) is 12.0. The number of aliphatic hydroxyl groups is 1. The number of nitrogens with zero attached hydrogens (tertiary/aromatic N) is 3. The number of aliphatic hydroxyl groups excluding tert-OH is 1. The van der Waals surface area contributed by atoms with Gasteiger partial charge in [-0.15, -0.1) is 0 Å². The number of hydrogen-bond acceptors (Lipinski definition) is 7. The third kappa shape index (κ3) is 6.44. The molecule has 15 heteroatoms. The molecule has 2 heterocycles. The predicted octanol–water partition coefficient (Wildman–Crippen LogP) is 7.13. The Hall–Kier alpha value is -4.63. The molecule has 0 saturated heterocycles. The zero-order chi connectivity index (χ0) is 32.8. The lowest BCUT2D eigenvalue weighted by Crippen LogP contribution is -2.08. The molecule has 45 heavy (non-hydrogen) atoms. The molecule has 2 aromatic heterocycles. The molecule has 0 aliphatic carbocycles. The Bertz CT molecular complexity index is 2000. The molecule has 0 saturated carbocycles. The number of benzene rings is 3. The Morgan fingerprint density at radius 1 is 0.978 bits per heavy atom. The summed E-state index contributed by atoms with van der Waals surface area (Å²) < 4.78 is 117. The maximum absolute atomic E-state index is 15.0. The van der Waals surface area contributed by atoms with E-state index >= 15 is 4.39 Å². The lowest BCUT2D eigenvalue weighted by molar-refractivity contribution is -0.141. The van der Waals surface area contributed by atoms with Crippen LogP contribution in [0.1, 0.15) is 22.8 Å². The van der Waals surface area contributed by atoms with Crippen LogP contribution in [0.25, 0.3) is 39.4 Å². The van der Waals surface area contributed by atoms with Crippen LogP contribution in [-0.4, -0.2) is 41.2 Å². The van der Waals surface area contributed by atoms with Gasteiger partial charge in [0.15, 0.2) is 27.2 Å². The maximum atomic E-state index is 15.0. The second kappa shape index (κ2) is 11.7. The quantitative estimate of drug-likeness (QED) is 0.178. The van der Waals surface area contributed by atoms with Gasteiger partial charge >= 0.3 is 12.8 Å². The van der Waals surface area contributed by atoms with Crippen molar-refractivity contribution < 1.29 is 49.0 Å². The Morgan fingerprint density at radius 2 is 1.64 bits per heavy atom. The number of aromatic nitrogens is 3. The monoisotopic (exact) mass is 651 g/mol. The Labute approximate surface area is 252 Å². The minimum Gasteiger partial charge on any atom is -0.440 e.